The monoisotopic (exact) mass is 353 g/mol. The molecule has 7 heteroatoms. The van der Waals surface area contributed by atoms with Gasteiger partial charge in [-0.1, -0.05) is 13.0 Å². The molecule has 0 aliphatic heterocycles. The molecular weight excluding hydrogens is 338 g/mol. The molecule has 0 spiro atoms. The third-order valence-electron chi connectivity index (χ3n) is 2.52. The van der Waals surface area contributed by atoms with Gasteiger partial charge in [0.2, 0.25) is 0 Å². The largest absolute Gasteiger partial charge is 0.383 e. The molecule has 0 atom stereocenters. The predicted molar refractivity (Wildman–Crippen MR) is 86.5 cm³/mol. The van der Waals surface area contributed by atoms with Gasteiger partial charge in [-0.2, -0.15) is 0 Å². The zero-order chi connectivity index (χ0) is 14.5. The summed E-state index contributed by atoms with van der Waals surface area (Å²) in [6.07, 6.45) is 0. The molecule has 0 saturated heterocycles. The molecule has 0 amide bonds. The van der Waals surface area contributed by atoms with Crippen LogP contribution >= 0.6 is 27.7 Å². The lowest BCUT2D eigenvalue weighted by molar-refractivity contribution is 0.726. The van der Waals surface area contributed by atoms with Crippen molar-refractivity contribution in [3.63, 3.8) is 0 Å². The van der Waals surface area contributed by atoms with Crippen LogP contribution in [0.3, 0.4) is 0 Å². The molecule has 0 unspecified atom stereocenters. The van der Waals surface area contributed by atoms with Crippen LogP contribution in [0.25, 0.3) is 0 Å². The Kier molecular flexibility index (Phi) is 5.22. The molecule has 5 nitrogen and oxygen atoms in total. The van der Waals surface area contributed by atoms with Crippen LogP contribution in [0, 0.1) is 0 Å². The van der Waals surface area contributed by atoms with Crippen LogP contribution in [-0.2, 0) is 6.54 Å². The number of hydrogen-bond donors (Lipinski definition) is 3. The second kappa shape index (κ2) is 6.92. The summed E-state index contributed by atoms with van der Waals surface area (Å²) in [7, 11) is 0. The Morgan fingerprint density at radius 3 is 2.50 bits per heavy atom. The Morgan fingerprint density at radius 2 is 1.90 bits per heavy atom. The van der Waals surface area contributed by atoms with Gasteiger partial charge >= 0.3 is 0 Å². The zero-order valence-electron chi connectivity index (χ0n) is 11.1. The highest BCUT2D eigenvalue weighted by Crippen LogP contribution is 2.32. The van der Waals surface area contributed by atoms with Gasteiger partial charge < -0.3 is 16.8 Å². The highest BCUT2D eigenvalue weighted by Gasteiger charge is 2.07. The van der Waals surface area contributed by atoms with Gasteiger partial charge in [-0.25, -0.2) is 9.97 Å². The van der Waals surface area contributed by atoms with Crippen molar-refractivity contribution in [1.82, 2.24) is 15.3 Å². The first-order valence-electron chi connectivity index (χ1n) is 6.15. The summed E-state index contributed by atoms with van der Waals surface area (Å²) in [5.41, 5.74) is 12.5. The fraction of sp³-hybridized carbons (Fsp3) is 0.231. The fourth-order valence-electron chi connectivity index (χ4n) is 1.61. The number of nitrogens with zero attached hydrogens (tertiary/aromatic N) is 2. The molecule has 20 heavy (non-hydrogen) atoms. The van der Waals surface area contributed by atoms with Gasteiger partial charge in [0.25, 0.3) is 0 Å². The summed E-state index contributed by atoms with van der Waals surface area (Å²) in [6.45, 7) is 3.88. The van der Waals surface area contributed by atoms with Crippen LogP contribution in [0.5, 0.6) is 0 Å². The highest BCUT2D eigenvalue weighted by molar-refractivity contribution is 9.10. The third-order valence-corrected chi connectivity index (χ3v) is 4.38. The van der Waals surface area contributed by atoms with E-state index in [1.807, 2.05) is 6.07 Å². The molecular formula is C13H16BrN5S. The quantitative estimate of drug-likeness (QED) is 0.716. The average Bonchev–Trinajstić information content (AvgIpc) is 2.38. The summed E-state index contributed by atoms with van der Waals surface area (Å²) >= 11 is 4.99. The Balaban J connectivity index is 2.16. The third kappa shape index (κ3) is 4.09. The first-order valence-corrected chi connectivity index (χ1v) is 7.76. The van der Waals surface area contributed by atoms with Crippen molar-refractivity contribution in [3.8, 4) is 0 Å². The standard InChI is InChI=1S/C13H16BrN5S/c1-2-17-7-8-3-4-10(9(14)5-8)20-13-18-11(15)6-12(16)19-13/h3-6,17H,2,7H2,1H3,(H4,15,16,18,19). The van der Waals surface area contributed by atoms with Gasteiger partial charge in [-0.15, -0.1) is 0 Å². The van der Waals surface area contributed by atoms with E-state index in [2.05, 4.69) is 50.3 Å². The van der Waals surface area contributed by atoms with Gasteiger partial charge in [0, 0.05) is 22.0 Å². The Morgan fingerprint density at radius 1 is 1.20 bits per heavy atom. The van der Waals surface area contributed by atoms with E-state index in [1.54, 1.807) is 6.07 Å². The number of hydrogen-bond acceptors (Lipinski definition) is 6. The van der Waals surface area contributed by atoms with Crippen molar-refractivity contribution in [2.45, 2.75) is 23.5 Å². The molecule has 0 aliphatic carbocycles. The van der Waals surface area contributed by atoms with Crippen molar-refractivity contribution < 1.29 is 0 Å². The normalized spacial score (nSPS) is 10.7. The minimum absolute atomic E-state index is 0.375. The molecule has 5 N–H and O–H groups in total. The van der Waals surface area contributed by atoms with Crippen LogP contribution in [0.1, 0.15) is 12.5 Å². The van der Waals surface area contributed by atoms with Gasteiger partial charge in [0.05, 0.1) is 0 Å². The van der Waals surface area contributed by atoms with E-state index in [-0.39, 0.29) is 0 Å². The predicted octanol–water partition coefficient (Wildman–Crippen LogP) is 2.66. The fourth-order valence-corrected chi connectivity index (χ4v) is 3.07. The van der Waals surface area contributed by atoms with Gasteiger partial charge in [-0.05, 0) is 51.9 Å². The summed E-state index contributed by atoms with van der Waals surface area (Å²) in [5.74, 6) is 0.750. The summed E-state index contributed by atoms with van der Waals surface area (Å²) in [4.78, 5) is 9.34. The minimum Gasteiger partial charge on any atom is -0.383 e. The first-order chi connectivity index (χ1) is 9.58. The molecule has 0 fully saturated rings. The SMILES string of the molecule is CCNCc1ccc(Sc2nc(N)cc(N)n2)c(Br)c1. The summed E-state index contributed by atoms with van der Waals surface area (Å²) < 4.78 is 1.00. The lowest BCUT2D eigenvalue weighted by atomic mass is 10.2. The number of aromatic nitrogens is 2. The lowest BCUT2D eigenvalue weighted by Gasteiger charge is -2.07. The molecule has 2 rings (SSSR count). The number of nitrogen functional groups attached to an aromatic ring is 2. The number of nitrogens with one attached hydrogen (secondary N) is 1. The first kappa shape index (κ1) is 15.1. The van der Waals surface area contributed by atoms with Gasteiger partial charge in [0.1, 0.15) is 11.6 Å². The summed E-state index contributed by atoms with van der Waals surface area (Å²) in [6, 6.07) is 7.73. The van der Waals surface area contributed by atoms with Crippen molar-refractivity contribution in [2.75, 3.05) is 18.0 Å². The summed E-state index contributed by atoms with van der Waals surface area (Å²) in [5, 5.41) is 3.83. The molecule has 0 aliphatic rings. The molecule has 0 bridgehead atoms. The topological polar surface area (TPSA) is 89.8 Å². The van der Waals surface area contributed by atoms with Crippen LogP contribution in [0.4, 0.5) is 11.6 Å². The maximum atomic E-state index is 5.67. The molecule has 2 aromatic rings. The van der Waals surface area contributed by atoms with E-state index in [1.165, 1.54) is 17.3 Å². The molecule has 1 heterocycles. The van der Waals surface area contributed by atoms with Crippen LogP contribution in [0.2, 0.25) is 0 Å². The van der Waals surface area contributed by atoms with E-state index in [9.17, 15) is 0 Å². The minimum atomic E-state index is 0.375. The highest BCUT2D eigenvalue weighted by atomic mass is 79.9. The van der Waals surface area contributed by atoms with Crippen molar-refractivity contribution in [1.29, 1.82) is 0 Å². The van der Waals surface area contributed by atoms with E-state index < -0.39 is 0 Å². The number of halogens is 1. The van der Waals surface area contributed by atoms with E-state index in [0.29, 0.717) is 16.8 Å². The van der Waals surface area contributed by atoms with Crippen molar-refractivity contribution in [2.24, 2.45) is 0 Å². The van der Waals surface area contributed by atoms with Crippen LogP contribution in [0.15, 0.2) is 38.8 Å². The molecule has 106 valence electrons. The second-order valence-corrected chi connectivity index (χ2v) is 6.01. The van der Waals surface area contributed by atoms with Crippen molar-refractivity contribution in [3.05, 3.63) is 34.3 Å². The second-order valence-electron chi connectivity index (χ2n) is 4.15. The number of benzene rings is 1. The maximum absolute atomic E-state index is 5.67. The molecule has 1 aromatic heterocycles. The smallest absolute Gasteiger partial charge is 0.196 e. The van der Waals surface area contributed by atoms with Gasteiger partial charge in [-0.3, -0.25) is 0 Å². The lowest BCUT2D eigenvalue weighted by Crippen LogP contribution is -2.11. The van der Waals surface area contributed by atoms with Crippen molar-refractivity contribution >= 4 is 39.3 Å². The van der Waals surface area contributed by atoms with E-state index >= 15 is 0 Å². The Labute approximate surface area is 130 Å². The Hall–Kier alpha value is -1.31. The zero-order valence-corrected chi connectivity index (χ0v) is 13.5. The van der Waals surface area contributed by atoms with E-state index in [0.717, 1.165) is 22.5 Å². The van der Waals surface area contributed by atoms with E-state index in [4.69, 9.17) is 11.5 Å². The molecule has 0 saturated carbocycles. The number of rotatable bonds is 5. The number of nitrogens with two attached hydrogens (primary N) is 2. The van der Waals surface area contributed by atoms with Crippen LogP contribution in [-0.4, -0.2) is 16.5 Å². The maximum Gasteiger partial charge on any atom is 0.196 e. The van der Waals surface area contributed by atoms with Gasteiger partial charge in [0.15, 0.2) is 5.16 Å². The average molecular weight is 354 g/mol. The molecule has 1 aromatic carbocycles. The number of anilines is 2. The van der Waals surface area contributed by atoms with Crippen LogP contribution < -0.4 is 16.8 Å². The Bertz CT molecular complexity index is 585. The molecule has 0 radical (unpaired) electrons.